The predicted octanol–water partition coefficient (Wildman–Crippen LogP) is 4.25. The number of fused-ring (bicyclic) bond motifs is 1. The smallest absolute Gasteiger partial charge is 0.407 e. The van der Waals surface area contributed by atoms with Crippen LogP contribution in [0.15, 0.2) is 18.3 Å². The highest BCUT2D eigenvalue weighted by Gasteiger charge is 2.34. The summed E-state index contributed by atoms with van der Waals surface area (Å²) < 4.78 is 33.5. The van der Waals surface area contributed by atoms with E-state index in [4.69, 9.17) is 14.8 Å². The fraction of sp³-hybridized carbons (Fsp3) is 0.571. The Kier molecular flexibility index (Phi) is 8.14. The number of anilines is 2. The Morgan fingerprint density at radius 3 is 2.60 bits per heavy atom. The minimum atomic E-state index is -3.53. The van der Waals surface area contributed by atoms with Gasteiger partial charge in [0.2, 0.25) is 10.0 Å². The summed E-state index contributed by atoms with van der Waals surface area (Å²) in [4.78, 5) is 36.1. The van der Waals surface area contributed by atoms with Crippen molar-refractivity contribution in [3.05, 3.63) is 39.3 Å². The number of aryl methyl sites for hydroxylation is 2. The standard InChI is InChI=1S/C28H39N7O5S2/c1-17-13-23-30-21(16-35(23)31-25(17)33-12-10-19(15-33)29-27(37)40-28(3,4)5)22-9-7-8-11-34(22)26(36)24-20(14-18(2)41-24)32-42(6,38)39/h13-14,16,19,22,32H,7-12,15H2,1-6H3,(H,29,37). The second kappa shape index (κ2) is 11.4. The van der Waals surface area contributed by atoms with Gasteiger partial charge in [0, 0.05) is 24.5 Å². The molecule has 0 bridgehead atoms. The van der Waals surface area contributed by atoms with Crippen molar-refractivity contribution in [2.24, 2.45) is 0 Å². The second-order valence-electron chi connectivity index (χ2n) is 12.2. The fourth-order valence-electron chi connectivity index (χ4n) is 5.60. The Labute approximate surface area is 250 Å². The van der Waals surface area contributed by atoms with Gasteiger partial charge >= 0.3 is 6.09 Å². The molecule has 2 saturated heterocycles. The molecule has 2 aliphatic heterocycles. The minimum absolute atomic E-state index is 0.0418. The van der Waals surface area contributed by atoms with Crippen LogP contribution in [0.5, 0.6) is 0 Å². The maximum Gasteiger partial charge on any atom is 0.407 e. The monoisotopic (exact) mass is 617 g/mol. The average Bonchev–Trinajstić information content (AvgIpc) is 3.59. The van der Waals surface area contributed by atoms with Crippen molar-refractivity contribution in [1.29, 1.82) is 0 Å². The second-order valence-corrected chi connectivity index (χ2v) is 15.2. The zero-order valence-corrected chi connectivity index (χ0v) is 26.6. The number of hydrogen-bond donors (Lipinski definition) is 2. The number of aromatic nitrogens is 3. The Hall–Kier alpha value is -3.39. The lowest BCUT2D eigenvalue weighted by atomic mass is 9.99. The number of rotatable bonds is 6. The van der Waals surface area contributed by atoms with Crippen LogP contribution in [0.25, 0.3) is 5.65 Å². The van der Waals surface area contributed by atoms with E-state index >= 15 is 0 Å². The predicted molar refractivity (Wildman–Crippen MR) is 163 cm³/mol. The van der Waals surface area contributed by atoms with Crippen molar-refractivity contribution >= 4 is 50.5 Å². The number of thiophene rings is 1. The van der Waals surface area contributed by atoms with E-state index in [1.54, 1.807) is 10.6 Å². The van der Waals surface area contributed by atoms with E-state index in [2.05, 4.69) is 14.9 Å². The molecule has 228 valence electrons. The highest BCUT2D eigenvalue weighted by Crippen LogP contribution is 2.36. The van der Waals surface area contributed by atoms with Crippen molar-refractivity contribution in [2.45, 2.75) is 78.0 Å². The molecule has 5 rings (SSSR count). The Morgan fingerprint density at radius 2 is 1.88 bits per heavy atom. The Morgan fingerprint density at radius 1 is 1.12 bits per heavy atom. The number of carbonyl (C=O) groups excluding carboxylic acids is 2. The molecule has 42 heavy (non-hydrogen) atoms. The lowest BCUT2D eigenvalue weighted by Crippen LogP contribution is -2.40. The molecule has 5 heterocycles. The number of ether oxygens (including phenoxy) is 1. The number of imidazole rings is 1. The van der Waals surface area contributed by atoms with Gasteiger partial charge in [0.15, 0.2) is 11.5 Å². The van der Waals surface area contributed by atoms with E-state index in [1.807, 2.05) is 51.8 Å². The van der Waals surface area contributed by atoms with Gasteiger partial charge in [0.1, 0.15) is 10.5 Å². The number of hydrogen-bond acceptors (Lipinski definition) is 9. The van der Waals surface area contributed by atoms with E-state index in [0.29, 0.717) is 29.3 Å². The third-order valence-corrected chi connectivity index (χ3v) is 8.92. The van der Waals surface area contributed by atoms with Gasteiger partial charge in [-0.05, 0) is 78.0 Å². The number of nitrogens with zero attached hydrogens (tertiary/aromatic N) is 5. The van der Waals surface area contributed by atoms with Crippen LogP contribution in [0.3, 0.4) is 0 Å². The molecule has 0 radical (unpaired) electrons. The van der Waals surface area contributed by atoms with Crippen LogP contribution >= 0.6 is 11.3 Å². The van der Waals surface area contributed by atoms with Gasteiger partial charge < -0.3 is 19.9 Å². The van der Waals surface area contributed by atoms with Gasteiger partial charge in [-0.2, -0.15) is 0 Å². The van der Waals surface area contributed by atoms with Gasteiger partial charge in [-0.1, -0.05) is 0 Å². The molecular formula is C28H39N7O5S2. The van der Waals surface area contributed by atoms with Crippen molar-refractivity contribution in [3.63, 3.8) is 0 Å². The van der Waals surface area contributed by atoms with E-state index < -0.39 is 21.7 Å². The zero-order valence-electron chi connectivity index (χ0n) is 24.9. The highest BCUT2D eigenvalue weighted by atomic mass is 32.2. The van der Waals surface area contributed by atoms with E-state index in [1.165, 1.54) is 11.3 Å². The van der Waals surface area contributed by atoms with Gasteiger partial charge in [0.25, 0.3) is 5.91 Å². The summed E-state index contributed by atoms with van der Waals surface area (Å²) >= 11 is 1.29. The van der Waals surface area contributed by atoms with E-state index in [9.17, 15) is 18.0 Å². The normalized spacial score (nSPS) is 19.8. The number of alkyl carbamates (subject to hydrolysis) is 1. The van der Waals surface area contributed by atoms with Crippen LogP contribution in [0.4, 0.5) is 16.3 Å². The van der Waals surface area contributed by atoms with Crippen molar-refractivity contribution < 1.29 is 22.7 Å². The third-order valence-electron chi connectivity index (χ3n) is 7.29. The topological polar surface area (TPSA) is 138 Å². The van der Waals surface area contributed by atoms with Crippen molar-refractivity contribution in [1.82, 2.24) is 24.8 Å². The number of amides is 2. The quantitative estimate of drug-likeness (QED) is 0.419. The number of piperidine rings is 1. The lowest BCUT2D eigenvalue weighted by molar-refractivity contribution is 0.0508. The number of carbonyl (C=O) groups is 2. The summed E-state index contributed by atoms with van der Waals surface area (Å²) in [5.41, 5.74) is 2.18. The van der Waals surface area contributed by atoms with Crippen molar-refractivity contribution in [3.8, 4) is 0 Å². The molecule has 0 saturated carbocycles. The summed E-state index contributed by atoms with van der Waals surface area (Å²) in [6, 6.07) is 3.40. The first kappa shape index (κ1) is 30.1. The van der Waals surface area contributed by atoms with Crippen LogP contribution in [-0.4, -0.2) is 77.4 Å². The van der Waals surface area contributed by atoms with Gasteiger partial charge in [-0.15, -0.1) is 16.4 Å². The fourth-order valence-corrected chi connectivity index (χ4v) is 7.15. The molecule has 2 fully saturated rings. The summed E-state index contributed by atoms with van der Waals surface area (Å²) in [5, 5.41) is 7.85. The van der Waals surface area contributed by atoms with Gasteiger partial charge in [0.05, 0.1) is 35.9 Å². The van der Waals surface area contributed by atoms with E-state index in [0.717, 1.165) is 60.4 Å². The van der Waals surface area contributed by atoms with Crippen LogP contribution in [0.2, 0.25) is 0 Å². The number of nitrogens with one attached hydrogen (secondary N) is 2. The largest absolute Gasteiger partial charge is 0.444 e. The molecule has 12 nitrogen and oxygen atoms in total. The first-order valence-electron chi connectivity index (χ1n) is 14.2. The molecule has 0 aromatic carbocycles. The highest BCUT2D eigenvalue weighted by molar-refractivity contribution is 7.92. The SMILES string of the molecule is Cc1cc(NS(C)(=O)=O)c(C(=O)N2CCCCC2c2cn3nc(N4CCC(NC(=O)OC(C)(C)C)C4)c(C)cc3n2)s1. The van der Waals surface area contributed by atoms with Crippen LogP contribution in [-0.2, 0) is 14.8 Å². The van der Waals surface area contributed by atoms with E-state index in [-0.39, 0.29) is 18.0 Å². The molecule has 2 amide bonds. The molecule has 14 heteroatoms. The molecule has 2 atom stereocenters. The number of likely N-dealkylation sites (tertiary alicyclic amines) is 1. The van der Waals surface area contributed by atoms with Crippen molar-refractivity contribution in [2.75, 3.05) is 35.5 Å². The number of sulfonamides is 1. The lowest BCUT2D eigenvalue weighted by Gasteiger charge is -2.34. The molecule has 0 spiro atoms. The van der Waals surface area contributed by atoms with Gasteiger partial charge in [-0.25, -0.2) is 22.7 Å². The van der Waals surface area contributed by atoms with Crippen LogP contribution in [0.1, 0.15) is 78.3 Å². The molecule has 2 aliphatic rings. The zero-order chi connectivity index (χ0) is 30.4. The average molecular weight is 618 g/mol. The summed E-state index contributed by atoms with van der Waals surface area (Å²) in [5.74, 6) is 0.619. The Balaban J connectivity index is 1.36. The maximum atomic E-state index is 13.8. The summed E-state index contributed by atoms with van der Waals surface area (Å²) in [6.07, 6.45) is 5.91. The first-order chi connectivity index (χ1) is 19.7. The first-order valence-corrected chi connectivity index (χ1v) is 16.9. The molecule has 3 aromatic heterocycles. The molecule has 2 N–H and O–H groups in total. The Bertz CT molecular complexity index is 1610. The molecule has 0 aliphatic carbocycles. The summed E-state index contributed by atoms with van der Waals surface area (Å²) in [6.45, 7) is 11.3. The molecule has 3 aromatic rings. The van der Waals surface area contributed by atoms with Crippen LogP contribution < -0.4 is 14.9 Å². The van der Waals surface area contributed by atoms with Gasteiger partial charge in [-0.3, -0.25) is 9.52 Å². The molecular weight excluding hydrogens is 578 g/mol. The summed E-state index contributed by atoms with van der Waals surface area (Å²) in [7, 11) is -3.53. The molecule has 2 unspecified atom stereocenters. The van der Waals surface area contributed by atoms with Crippen LogP contribution in [0, 0.1) is 13.8 Å². The maximum absolute atomic E-state index is 13.8. The minimum Gasteiger partial charge on any atom is -0.444 e. The third kappa shape index (κ3) is 6.80.